The first-order chi connectivity index (χ1) is 13.9. The SMILES string of the molecule is COC(=O)c1ccc([C@@H]2CC[C@]2(CN2C(=O)c3ccccc3C2=O)C(=O)O)cc1. The van der Waals surface area contributed by atoms with Crippen molar-refractivity contribution in [2.75, 3.05) is 13.7 Å². The summed E-state index contributed by atoms with van der Waals surface area (Å²) in [5, 5.41) is 10.0. The van der Waals surface area contributed by atoms with E-state index in [1.54, 1.807) is 48.5 Å². The average molecular weight is 393 g/mol. The van der Waals surface area contributed by atoms with Crippen LogP contribution in [0.5, 0.6) is 0 Å². The van der Waals surface area contributed by atoms with Crippen molar-refractivity contribution in [3.05, 3.63) is 70.8 Å². The van der Waals surface area contributed by atoms with Crippen LogP contribution in [-0.4, -0.2) is 47.4 Å². The quantitative estimate of drug-likeness (QED) is 0.619. The number of esters is 1. The van der Waals surface area contributed by atoms with Crippen molar-refractivity contribution in [3.8, 4) is 0 Å². The molecular weight excluding hydrogens is 374 g/mol. The van der Waals surface area contributed by atoms with Gasteiger partial charge in [0.05, 0.1) is 29.2 Å². The molecule has 0 spiro atoms. The number of nitrogens with zero attached hydrogens (tertiary/aromatic N) is 1. The van der Waals surface area contributed by atoms with Gasteiger partial charge in [0.25, 0.3) is 11.8 Å². The van der Waals surface area contributed by atoms with Crippen LogP contribution in [0, 0.1) is 5.41 Å². The van der Waals surface area contributed by atoms with E-state index in [1.165, 1.54) is 7.11 Å². The van der Waals surface area contributed by atoms with Gasteiger partial charge in [0.1, 0.15) is 0 Å². The van der Waals surface area contributed by atoms with E-state index in [2.05, 4.69) is 4.74 Å². The summed E-state index contributed by atoms with van der Waals surface area (Å²) < 4.78 is 4.68. The molecule has 0 aromatic heterocycles. The number of carbonyl (C=O) groups is 4. The molecule has 1 fully saturated rings. The summed E-state index contributed by atoms with van der Waals surface area (Å²) >= 11 is 0. The molecule has 0 saturated heterocycles. The maximum absolute atomic E-state index is 12.7. The number of hydrogen-bond donors (Lipinski definition) is 1. The molecule has 4 rings (SSSR count). The second kappa shape index (κ2) is 6.84. The van der Waals surface area contributed by atoms with Crippen molar-refractivity contribution in [3.63, 3.8) is 0 Å². The summed E-state index contributed by atoms with van der Waals surface area (Å²) in [6.45, 7) is -0.182. The normalized spacial score (nSPS) is 22.8. The van der Waals surface area contributed by atoms with E-state index in [4.69, 9.17) is 0 Å². The molecule has 1 saturated carbocycles. The van der Waals surface area contributed by atoms with Crippen LogP contribution in [0.1, 0.15) is 55.4 Å². The molecule has 2 aliphatic rings. The highest BCUT2D eigenvalue weighted by Crippen LogP contribution is 2.54. The molecule has 1 N–H and O–H groups in total. The first-order valence-corrected chi connectivity index (χ1v) is 9.26. The van der Waals surface area contributed by atoms with Gasteiger partial charge in [-0.15, -0.1) is 0 Å². The molecule has 0 unspecified atom stereocenters. The van der Waals surface area contributed by atoms with Crippen LogP contribution in [0.3, 0.4) is 0 Å². The predicted octanol–water partition coefficient (Wildman–Crippen LogP) is 2.72. The first-order valence-electron chi connectivity index (χ1n) is 9.26. The summed E-state index contributed by atoms with van der Waals surface area (Å²) in [5.74, 6) is -2.80. The second-order valence-electron chi connectivity index (χ2n) is 7.41. The van der Waals surface area contributed by atoms with Gasteiger partial charge in [-0.25, -0.2) is 4.79 Å². The Morgan fingerprint density at radius 2 is 1.66 bits per heavy atom. The van der Waals surface area contributed by atoms with Crippen molar-refractivity contribution >= 4 is 23.8 Å². The maximum atomic E-state index is 12.7. The highest BCUT2D eigenvalue weighted by molar-refractivity contribution is 6.21. The summed E-state index contributed by atoms with van der Waals surface area (Å²) in [6, 6.07) is 13.1. The fourth-order valence-electron chi connectivity index (χ4n) is 4.27. The van der Waals surface area contributed by atoms with Crippen molar-refractivity contribution in [1.29, 1.82) is 0 Å². The van der Waals surface area contributed by atoms with Gasteiger partial charge >= 0.3 is 11.9 Å². The number of methoxy groups -OCH3 is 1. The van der Waals surface area contributed by atoms with Gasteiger partial charge in [-0.2, -0.15) is 0 Å². The number of carboxylic acids is 1. The lowest BCUT2D eigenvalue weighted by atomic mass is 9.57. The Hall–Kier alpha value is -3.48. The van der Waals surface area contributed by atoms with E-state index < -0.39 is 29.2 Å². The van der Waals surface area contributed by atoms with Gasteiger partial charge in [0.2, 0.25) is 0 Å². The number of ether oxygens (including phenoxy) is 1. The van der Waals surface area contributed by atoms with Crippen LogP contribution in [-0.2, 0) is 9.53 Å². The number of rotatable bonds is 5. The Bertz CT molecular complexity index is 993. The molecule has 1 heterocycles. The zero-order valence-corrected chi connectivity index (χ0v) is 15.8. The zero-order valence-electron chi connectivity index (χ0n) is 15.8. The molecule has 7 heteroatoms. The van der Waals surface area contributed by atoms with Gasteiger partial charge in [-0.1, -0.05) is 24.3 Å². The third kappa shape index (κ3) is 2.81. The van der Waals surface area contributed by atoms with E-state index in [0.717, 1.165) is 10.5 Å². The molecular formula is C22H19NO6. The van der Waals surface area contributed by atoms with Crippen molar-refractivity contribution < 1.29 is 29.0 Å². The summed E-state index contributed by atoms with van der Waals surface area (Å²) in [7, 11) is 1.29. The minimum Gasteiger partial charge on any atom is -0.481 e. The Balaban J connectivity index is 1.63. The zero-order chi connectivity index (χ0) is 20.8. The summed E-state index contributed by atoms with van der Waals surface area (Å²) in [5.41, 5.74) is 0.479. The lowest BCUT2D eigenvalue weighted by molar-refractivity contribution is -0.157. The lowest BCUT2D eigenvalue weighted by Crippen LogP contribution is -2.54. The van der Waals surface area contributed by atoms with E-state index in [0.29, 0.717) is 29.5 Å². The van der Waals surface area contributed by atoms with Crippen LogP contribution in [0.4, 0.5) is 0 Å². The minimum absolute atomic E-state index is 0.182. The molecule has 2 atom stereocenters. The van der Waals surface area contributed by atoms with Crippen molar-refractivity contribution in [1.82, 2.24) is 4.90 Å². The van der Waals surface area contributed by atoms with Crippen LogP contribution in [0.25, 0.3) is 0 Å². The molecule has 2 aromatic rings. The highest BCUT2D eigenvalue weighted by Gasteiger charge is 2.56. The third-order valence-corrected chi connectivity index (χ3v) is 6.02. The Labute approximate surface area is 166 Å². The van der Waals surface area contributed by atoms with Crippen LogP contribution < -0.4 is 0 Å². The smallest absolute Gasteiger partial charge is 0.337 e. The van der Waals surface area contributed by atoms with E-state index in [-0.39, 0.29) is 12.5 Å². The number of carboxylic acid groups (broad SMARTS) is 1. The van der Waals surface area contributed by atoms with E-state index in [1.807, 2.05) is 0 Å². The largest absolute Gasteiger partial charge is 0.481 e. The second-order valence-corrected chi connectivity index (χ2v) is 7.41. The highest BCUT2D eigenvalue weighted by atomic mass is 16.5. The van der Waals surface area contributed by atoms with Gasteiger partial charge in [-0.3, -0.25) is 19.3 Å². The number of imide groups is 1. The number of hydrogen-bond acceptors (Lipinski definition) is 5. The number of amides is 2. The molecule has 0 bridgehead atoms. The number of benzene rings is 2. The fourth-order valence-corrected chi connectivity index (χ4v) is 4.27. The molecule has 1 aliphatic carbocycles. The molecule has 0 radical (unpaired) electrons. The first kappa shape index (κ1) is 18.9. The average Bonchev–Trinajstić information content (AvgIpc) is 2.95. The Kier molecular flexibility index (Phi) is 4.45. The molecule has 2 amide bonds. The number of carbonyl (C=O) groups excluding carboxylic acids is 3. The van der Waals surface area contributed by atoms with Crippen molar-refractivity contribution in [2.24, 2.45) is 5.41 Å². The van der Waals surface area contributed by atoms with Gasteiger partial charge in [-0.05, 0) is 42.7 Å². The summed E-state index contributed by atoms with van der Waals surface area (Å²) in [6.07, 6.45) is 0.978. The van der Waals surface area contributed by atoms with Gasteiger partial charge < -0.3 is 9.84 Å². The minimum atomic E-state index is -1.25. The van der Waals surface area contributed by atoms with Crippen LogP contribution >= 0.6 is 0 Å². The van der Waals surface area contributed by atoms with E-state index >= 15 is 0 Å². The Morgan fingerprint density at radius 1 is 1.07 bits per heavy atom. The molecule has 7 nitrogen and oxygen atoms in total. The van der Waals surface area contributed by atoms with E-state index in [9.17, 15) is 24.3 Å². The molecule has 29 heavy (non-hydrogen) atoms. The molecule has 2 aromatic carbocycles. The monoisotopic (exact) mass is 393 g/mol. The van der Waals surface area contributed by atoms with Crippen LogP contribution in [0.2, 0.25) is 0 Å². The Morgan fingerprint density at radius 3 is 2.10 bits per heavy atom. The third-order valence-electron chi connectivity index (χ3n) is 6.02. The van der Waals surface area contributed by atoms with Gasteiger partial charge in [0.15, 0.2) is 0 Å². The molecule has 1 aliphatic heterocycles. The van der Waals surface area contributed by atoms with Gasteiger partial charge in [0, 0.05) is 12.5 Å². The molecule has 148 valence electrons. The number of aliphatic carboxylic acids is 1. The lowest BCUT2D eigenvalue weighted by Gasteiger charge is -2.47. The van der Waals surface area contributed by atoms with Crippen molar-refractivity contribution in [2.45, 2.75) is 18.8 Å². The predicted molar refractivity (Wildman–Crippen MR) is 102 cm³/mol. The standard InChI is InChI=1S/C22H19NO6/c1-29-20(26)14-8-6-13(7-9-14)17-10-11-22(17,21(27)28)12-23-18(24)15-4-2-3-5-16(15)19(23)25/h2-9,17H,10-12H2,1H3,(H,27,28)/t17-,22+/m0/s1. The topological polar surface area (TPSA) is 101 Å². The number of fused-ring (bicyclic) bond motifs is 1. The fraction of sp³-hybridized carbons (Fsp3) is 0.273. The summed E-state index contributed by atoms with van der Waals surface area (Å²) in [4.78, 5) is 50.3. The van der Waals surface area contributed by atoms with Crippen LogP contribution in [0.15, 0.2) is 48.5 Å². The maximum Gasteiger partial charge on any atom is 0.337 e.